The van der Waals surface area contributed by atoms with Crippen LogP contribution in [-0.4, -0.2) is 25.0 Å². The molecule has 3 aromatic carbocycles. The maximum Gasteiger partial charge on any atom is 0.335 e. The highest BCUT2D eigenvalue weighted by atomic mass is 79.9. The summed E-state index contributed by atoms with van der Waals surface area (Å²) < 4.78 is 25.8. The standard InChI is InChI=1S/C25H17Br2FN2O5/c1-34-19-7-5-18(6-8-19)30-24(32)20(23(31)29-25(30)33)11-15-10-16(26)12-21(27)22(15)35-13-14-3-2-4-17(28)9-14/h2-12H,13H2,1H3,(H,29,31,33)/b20-11+. The Labute approximate surface area is 216 Å². The third-order valence-corrected chi connectivity index (χ3v) is 6.09. The van der Waals surface area contributed by atoms with Crippen molar-refractivity contribution in [1.82, 2.24) is 5.32 Å². The monoisotopic (exact) mass is 602 g/mol. The largest absolute Gasteiger partial charge is 0.497 e. The van der Waals surface area contributed by atoms with Crippen LogP contribution in [0.4, 0.5) is 14.9 Å². The van der Waals surface area contributed by atoms with E-state index >= 15 is 0 Å². The van der Waals surface area contributed by atoms with Crippen LogP contribution in [0.5, 0.6) is 11.5 Å². The lowest BCUT2D eigenvalue weighted by Gasteiger charge is -2.26. The van der Waals surface area contributed by atoms with Gasteiger partial charge in [-0.25, -0.2) is 14.1 Å². The molecular formula is C25H17Br2FN2O5. The molecule has 1 aliphatic heterocycles. The van der Waals surface area contributed by atoms with Gasteiger partial charge in [0.25, 0.3) is 11.8 Å². The predicted octanol–water partition coefficient (Wildman–Crippen LogP) is 5.60. The van der Waals surface area contributed by atoms with E-state index in [1.165, 1.54) is 37.5 Å². The molecule has 0 radical (unpaired) electrons. The van der Waals surface area contributed by atoms with Crippen LogP contribution in [0.3, 0.4) is 0 Å². The first kappa shape index (κ1) is 24.6. The van der Waals surface area contributed by atoms with Gasteiger partial charge < -0.3 is 9.47 Å². The molecule has 0 spiro atoms. The van der Waals surface area contributed by atoms with Gasteiger partial charge in [-0.3, -0.25) is 14.9 Å². The van der Waals surface area contributed by atoms with Gasteiger partial charge in [-0.1, -0.05) is 28.1 Å². The van der Waals surface area contributed by atoms with E-state index in [0.717, 1.165) is 4.90 Å². The van der Waals surface area contributed by atoms with Crippen LogP contribution in [0.25, 0.3) is 6.08 Å². The number of methoxy groups -OCH3 is 1. The average molecular weight is 604 g/mol. The number of carbonyl (C=O) groups is 3. The van der Waals surface area contributed by atoms with Gasteiger partial charge in [-0.05, 0) is 76.1 Å². The number of nitrogens with one attached hydrogen (secondary N) is 1. The molecule has 0 atom stereocenters. The number of barbiturate groups is 1. The van der Waals surface area contributed by atoms with Gasteiger partial charge >= 0.3 is 6.03 Å². The zero-order chi connectivity index (χ0) is 25.1. The van der Waals surface area contributed by atoms with E-state index in [-0.39, 0.29) is 17.9 Å². The number of ether oxygens (including phenoxy) is 2. The van der Waals surface area contributed by atoms with Crippen molar-refractivity contribution in [3.05, 3.63) is 92.1 Å². The number of hydrogen-bond donors (Lipinski definition) is 1. The number of amides is 4. The molecule has 4 amide bonds. The molecule has 0 unspecified atom stereocenters. The summed E-state index contributed by atoms with van der Waals surface area (Å²) >= 11 is 6.83. The summed E-state index contributed by atoms with van der Waals surface area (Å²) in [7, 11) is 1.50. The first-order valence-corrected chi connectivity index (χ1v) is 11.8. The van der Waals surface area contributed by atoms with Gasteiger partial charge in [0.2, 0.25) is 0 Å². The summed E-state index contributed by atoms with van der Waals surface area (Å²) in [6, 6.07) is 14.8. The average Bonchev–Trinajstić information content (AvgIpc) is 2.81. The van der Waals surface area contributed by atoms with Crippen LogP contribution >= 0.6 is 31.9 Å². The van der Waals surface area contributed by atoms with E-state index in [1.54, 1.807) is 36.4 Å². The maximum absolute atomic E-state index is 13.5. The number of urea groups is 1. The fraction of sp³-hybridized carbons (Fsp3) is 0.0800. The third-order valence-electron chi connectivity index (χ3n) is 5.04. The molecule has 1 saturated heterocycles. The van der Waals surface area contributed by atoms with Crippen LogP contribution in [0.15, 0.2) is 75.2 Å². The lowest BCUT2D eigenvalue weighted by atomic mass is 10.1. The summed E-state index contributed by atoms with van der Waals surface area (Å²) in [6.45, 7) is 0.0464. The summed E-state index contributed by atoms with van der Waals surface area (Å²) in [4.78, 5) is 39.2. The van der Waals surface area contributed by atoms with Crippen molar-refractivity contribution >= 4 is 61.5 Å². The highest BCUT2D eigenvalue weighted by Gasteiger charge is 2.37. The lowest BCUT2D eigenvalue weighted by molar-refractivity contribution is -0.122. The van der Waals surface area contributed by atoms with Crippen molar-refractivity contribution in [2.24, 2.45) is 0 Å². The van der Waals surface area contributed by atoms with Crippen molar-refractivity contribution in [1.29, 1.82) is 0 Å². The third kappa shape index (κ3) is 5.44. The molecular weight excluding hydrogens is 587 g/mol. The Morgan fingerprint density at radius 1 is 1.03 bits per heavy atom. The number of carbonyl (C=O) groups excluding carboxylic acids is 3. The van der Waals surface area contributed by atoms with E-state index in [0.29, 0.717) is 31.6 Å². The molecule has 0 bridgehead atoms. The van der Waals surface area contributed by atoms with Gasteiger partial charge in [-0.15, -0.1) is 0 Å². The Balaban J connectivity index is 1.70. The van der Waals surface area contributed by atoms with Crippen LogP contribution in [0.2, 0.25) is 0 Å². The zero-order valence-electron chi connectivity index (χ0n) is 18.2. The summed E-state index contributed by atoms with van der Waals surface area (Å²) in [5.74, 6) is -1.15. The molecule has 0 saturated carbocycles. The number of rotatable bonds is 6. The minimum Gasteiger partial charge on any atom is -0.497 e. The number of anilines is 1. The normalized spacial score (nSPS) is 14.8. The molecule has 1 heterocycles. The van der Waals surface area contributed by atoms with Gasteiger partial charge in [-0.2, -0.15) is 0 Å². The SMILES string of the molecule is COc1ccc(N2C(=O)NC(=O)/C(=C\c3cc(Br)cc(Br)c3OCc3cccc(F)c3)C2=O)cc1. The predicted molar refractivity (Wildman–Crippen MR) is 135 cm³/mol. The Bertz CT molecular complexity index is 1360. The number of nitrogens with zero attached hydrogens (tertiary/aromatic N) is 1. The van der Waals surface area contributed by atoms with Crippen molar-refractivity contribution in [2.45, 2.75) is 6.61 Å². The molecule has 3 aromatic rings. The molecule has 178 valence electrons. The zero-order valence-corrected chi connectivity index (χ0v) is 21.4. The molecule has 4 rings (SSSR count). The fourth-order valence-corrected chi connectivity index (χ4v) is 4.77. The van der Waals surface area contributed by atoms with Gasteiger partial charge in [0.1, 0.15) is 29.5 Å². The molecule has 1 aliphatic rings. The Morgan fingerprint density at radius 2 is 1.77 bits per heavy atom. The van der Waals surface area contributed by atoms with Crippen molar-refractivity contribution < 1.29 is 28.2 Å². The first-order valence-electron chi connectivity index (χ1n) is 10.2. The molecule has 1 N–H and O–H groups in total. The van der Waals surface area contributed by atoms with Crippen LogP contribution < -0.4 is 19.7 Å². The van der Waals surface area contributed by atoms with Gasteiger partial charge in [0.15, 0.2) is 0 Å². The lowest BCUT2D eigenvalue weighted by Crippen LogP contribution is -2.54. The molecule has 0 aliphatic carbocycles. The number of benzene rings is 3. The molecule has 35 heavy (non-hydrogen) atoms. The smallest absolute Gasteiger partial charge is 0.335 e. The van der Waals surface area contributed by atoms with Gasteiger partial charge in [0.05, 0.1) is 17.3 Å². The summed E-state index contributed by atoms with van der Waals surface area (Å²) in [6.07, 6.45) is 1.34. The van der Waals surface area contributed by atoms with E-state index < -0.39 is 23.7 Å². The van der Waals surface area contributed by atoms with E-state index in [9.17, 15) is 18.8 Å². The number of halogens is 3. The van der Waals surface area contributed by atoms with Crippen LogP contribution in [-0.2, 0) is 16.2 Å². The topological polar surface area (TPSA) is 84.9 Å². The Kier molecular flexibility index (Phi) is 7.32. The fourth-order valence-electron chi connectivity index (χ4n) is 3.40. The highest BCUT2D eigenvalue weighted by molar-refractivity contribution is 9.11. The van der Waals surface area contributed by atoms with E-state index in [4.69, 9.17) is 9.47 Å². The minimum absolute atomic E-state index is 0.0464. The van der Waals surface area contributed by atoms with Gasteiger partial charge in [0, 0.05) is 10.0 Å². The Morgan fingerprint density at radius 3 is 2.46 bits per heavy atom. The summed E-state index contributed by atoms with van der Waals surface area (Å²) in [5.41, 5.74) is 0.997. The van der Waals surface area contributed by atoms with Crippen molar-refractivity contribution in [3.8, 4) is 11.5 Å². The first-order chi connectivity index (χ1) is 16.8. The maximum atomic E-state index is 13.5. The summed E-state index contributed by atoms with van der Waals surface area (Å²) in [5, 5.41) is 2.19. The highest BCUT2D eigenvalue weighted by Crippen LogP contribution is 2.36. The van der Waals surface area contributed by atoms with E-state index in [1.807, 2.05) is 0 Å². The minimum atomic E-state index is -0.861. The second-order valence-corrected chi connectivity index (χ2v) is 9.15. The quantitative estimate of drug-likeness (QED) is 0.293. The van der Waals surface area contributed by atoms with Crippen molar-refractivity contribution in [2.75, 3.05) is 12.0 Å². The number of imide groups is 2. The molecule has 1 fully saturated rings. The van der Waals surface area contributed by atoms with E-state index in [2.05, 4.69) is 37.2 Å². The van der Waals surface area contributed by atoms with Crippen LogP contribution in [0, 0.1) is 5.82 Å². The molecule has 0 aromatic heterocycles. The van der Waals surface area contributed by atoms with Crippen LogP contribution in [0.1, 0.15) is 11.1 Å². The molecule has 10 heteroatoms. The second-order valence-electron chi connectivity index (χ2n) is 7.38. The number of hydrogen-bond acceptors (Lipinski definition) is 5. The Hall–Kier alpha value is -3.50. The molecule has 7 nitrogen and oxygen atoms in total. The van der Waals surface area contributed by atoms with Crippen molar-refractivity contribution in [3.63, 3.8) is 0 Å². The second kappa shape index (κ2) is 10.4.